The van der Waals surface area contributed by atoms with E-state index in [9.17, 15) is 13.2 Å². The number of hydrogen-bond donors (Lipinski definition) is 1. The molecule has 7 heteroatoms. The molecule has 2 aromatic carbocycles. The van der Waals surface area contributed by atoms with Gasteiger partial charge in [0.05, 0.1) is 4.90 Å². The van der Waals surface area contributed by atoms with E-state index < -0.39 is 10.0 Å². The highest BCUT2D eigenvalue weighted by Crippen LogP contribution is 2.22. The number of carbonyl (C=O) groups excluding carboxylic acids is 1. The number of piperidine rings is 1. The molecule has 0 bridgehead atoms. The lowest BCUT2D eigenvalue weighted by Crippen LogP contribution is -2.40. The molecule has 0 saturated carbocycles. The van der Waals surface area contributed by atoms with E-state index in [1.54, 1.807) is 12.1 Å². The van der Waals surface area contributed by atoms with Gasteiger partial charge in [0.15, 0.2) is 0 Å². The Morgan fingerprint density at radius 3 is 2.32 bits per heavy atom. The second-order valence-electron chi connectivity index (χ2n) is 7.12. The first kappa shape index (κ1) is 21.0. The summed E-state index contributed by atoms with van der Waals surface area (Å²) in [6.45, 7) is 1.60. The van der Waals surface area contributed by atoms with E-state index in [1.807, 2.05) is 11.0 Å². The van der Waals surface area contributed by atoms with Crippen LogP contribution in [-0.4, -0.2) is 38.9 Å². The van der Waals surface area contributed by atoms with Crippen molar-refractivity contribution in [2.75, 3.05) is 19.6 Å². The van der Waals surface area contributed by atoms with Crippen LogP contribution in [0.15, 0.2) is 64.0 Å². The number of hydrogen-bond acceptors (Lipinski definition) is 3. The Labute approximate surface area is 175 Å². The van der Waals surface area contributed by atoms with E-state index in [0.29, 0.717) is 5.92 Å². The highest BCUT2D eigenvalue weighted by molar-refractivity contribution is 9.10. The molecule has 2 aromatic rings. The number of amides is 1. The van der Waals surface area contributed by atoms with Crippen LogP contribution < -0.4 is 4.72 Å². The summed E-state index contributed by atoms with van der Waals surface area (Å²) in [5.74, 6) is 0.610. The molecule has 1 aliphatic rings. The molecular weight excluding hydrogens is 440 g/mol. The SMILES string of the molecule is O=C(CCNS(=O)(=O)c1ccc(Br)cc1)N1CCC(Cc2ccccc2)CC1. The number of rotatable bonds is 7. The Hall–Kier alpha value is -1.70. The quantitative estimate of drug-likeness (QED) is 0.680. The smallest absolute Gasteiger partial charge is 0.240 e. The summed E-state index contributed by atoms with van der Waals surface area (Å²) in [5, 5.41) is 0. The van der Waals surface area contributed by atoms with Crippen molar-refractivity contribution < 1.29 is 13.2 Å². The summed E-state index contributed by atoms with van der Waals surface area (Å²) >= 11 is 3.29. The Bertz CT molecular complexity index is 878. The number of likely N-dealkylation sites (tertiary alicyclic amines) is 1. The molecular formula is C21H25BrN2O3S. The topological polar surface area (TPSA) is 66.5 Å². The van der Waals surface area contributed by atoms with Gasteiger partial charge in [-0.2, -0.15) is 0 Å². The normalized spacial score (nSPS) is 15.5. The van der Waals surface area contributed by atoms with Crippen LogP contribution in [0.4, 0.5) is 0 Å². The number of nitrogens with zero attached hydrogens (tertiary/aromatic N) is 1. The minimum Gasteiger partial charge on any atom is -0.343 e. The molecule has 1 heterocycles. The first-order chi connectivity index (χ1) is 13.4. The molecule has 0 aliphatic carbocycles. The van der Waals surface area contributed by atoms with Crippen molar-refractivity contribution >= 4 is 31.9 Å². The van der Waals surface area contributed by atoms with Crippen LogP contribution in [0.2, 0.25) is 0 Å². The van der Waals surface area contributed by atoms with Gasteiger partial charge in [0.1, 0.15) is 0 Å². The van der Waals surface area contributed by atoms with Crippen molar-refractivity contribution in [3.8, 4) is 0 Å². The molecule has 5 nitrogen and oxygen atoms in total. The zero-order valence-electron chi connectivity index (χ0n) is 15.7. The summed E-state index contributed by atoms with van der Waals surface area (Å²) in [6, 6.07) is 16.9. The van der Waals surface area contributed by atoms with Crippen molar-refractivity contribution in [2.24, 2.45) is 5.92 Å². The lowest BCUT2D eigenvalue weighted by atomic mass is 9.90. The maximum atomic E-state index is 12.4. The molecule has 3 rings (SSSR count). The third-order valence-electron chi connectivity index (χ3n) is 5.09. The fraction of sp³-hybridized carbons (Fsp3) is 0.381. The van der Waals surface area contributed by atoms with Crippen LogP contribution in [0.5, 0.6) is 0 Å². The van der Waals surface area contributed by atoms with Crippen molar-refractivity contribution in [3.63, 3.8) is 0 Å². The van der Waals surface area contributed by atoms with Gasteiger partial charge in [0.2, 0.25) is 15.9 Å². The van der Waals surface area contributed by atoms with Crippen molar-refractivity contribution in [3.05, 3.63) is 64.6 Å². The fourth-order valence-corrected chi connectivity index (χ4v) is 4.78. The summed E-state index contributed by atoms with van der Waals surface area (Å²) in [5.41, 5.74) is 1.34. The first-order valence-corrected chi connectivity index (χ1v) is 11.8. The number of halogens is 1. The van der Waals surface area contributed by atoms with E-state index >= 15 is 0 Å². The monoisotopic (exact) mass is 464 g/mol. The third-order valence-corrected chi connectivity index (χ3v) is 7.09. The van der Waals surface area contributed by atoms with Gasteiger partial charge in [-0.25, -0.2) is 13.1 Å². The van der Waals surface area contributed by atoms with Crippen LogP contribution in [0.3, 0.4) is 0 Å². The Kier molecular flexibility index (Phi) is 7.26. The van der Waals surface area contributed by atoms with Gasteiger partial charge in [0, 0.05) is 30.5 Å². The molecule has 1 fully saturated rings. The van der Waals surface area contributed by atoms with E-state index in [0.717, 1.165) is 36.8 Å². The fourth-order valence-electron chi connectivity index (χ4n) is 3.48. The predicted octanol–water partition coefficient (Wildman–Crippen LogP) is 3.60. The second kappa shape index (κ2) is 9.67. The van der Waals surface area contributed by atoms with E-state index in [1.165, 1.54) is 17.7 Å². The zero-order valence-corrected chi connectivity index (χ0v) is 18.1. The first-order valence-electron chi connectivity index (χ1n) is 9.51. The Morgan fingerprint density at radius 1 is 1.04 bits per heavy atom. The molecule has 0 atom stereocenters. The summed E-state index contributed by atoms with van der Waals surface area (Å²) < 4.78 is 27.9. The minimum absolute atomic E-state index is 0.0108. The zero-order chi connectivity index (χ0) is 20.0. The van der Waals surface area contributed by atoms with Gasteiger partial charge in [0.25, 0.3) is 0 Å². The van der Waals surface area contributed by atoms with Crippen molar-refractivity contribution in [1.82, 2.24) is 9.62 Å². The van der Waals surface area contributed by atoms with Crippen LogP contribution >= 0.6 is 15.9 Å². The van der Waals surface area contributed by atoms with Crippen LogP contribution in [0.25, 0.3) is 0 Å². The van der Waals surface area contributed by atoms with Gasteiger partial charge in [-0.15, -0.1) is 0 Å². The highest BCUT2D eigenvalue weighted by Gasteiger charge is 2.23. The average Bonchev–Trinajstić information content (AvgIpc) is 2.69. The molecule has 0 aromatic heterocycles. The van der Waals surface area contributed by atoms with Gasteiger partial charge in [-0.05, 0) is 55.0 Å². The maximum absolute atomic E-state index is 12.4. The van der Waals surface area contributed by atoms with Crippen molar-refractivity contribution in [1.29, 1.82) is 0 Å². The summed E-state index contributed by atoms with van der Waals surface area (Å²) in [6.07, 6.45) is 3.21. The molecule has 1 aliphatic heterocycles. The summed E-state index contributed by atoms with van der Waals surface area (Å²) in [4.78, 5) is 14.5. The number of carbonyl (C=O) groups is 1. The van der Waals surface area contributed by atoms with E-state index in [4.69, 9.17) is 0 Å². The molecule has 1 N–H and O–H groups in total. The van der Waals surface area contributed by atoms with Crippen LogP contribution in [0.1, 0.15) is 24.8 Å². The third kappa shape index (κ3) is 5.90. The minimum atomic E-state index is -3.59. The molecule has 1 amide bonds. The largest absolute Gasteiger partial charge is 0.343 e. The van der Waals surface area contributed by atoms with E-state index in [-0.39, 0.29) is 23.8 Å². The van der Waals surface area contributed by atoms with Gasteiger partial charge in [-0.1, -0.05) is 46.3 Å². The maximum Gasteiger partial charge on any atom is 0.240 e. The van der Waals surface area contributed by atoms with Crippen molar-refractivity contribution in [2.45, 2.75) is 30.6 Å². The molecule has 0 radical (unpaired) electrons. The molecule has 28 heavy (non-hydrogen) atoms. The lowest BCUT2D eigenvalue weighted by molar-refractivity contribution is -0.132. The lowest BCUT2D eigenvalue weighted by Gasteiger charge is -2.32. The number of benzene rings is 2. The Morgan fingerprint density at radius 2 is 1.68 bits per heavy atom. The van der Waals surface area contributed by atoms with Gasteiger partial charge >= 0.3 is 0 Å². The molecule has 0 spiro atoms. The number of nitrogens with one attached hydrogen (secondary N) is 1. The molecule has 0 unspecified atom stereocenters. The summed E-state index contributed by atoms with van der Waals surface area (Å²) in [7, 11) is -3.59. The standard InChI is InChI=1S/C21H25BrN2O3S/c22-19-6-8-20(9-7-19)28(26,27)23-13-10-21(25)24-14-11-18(12-15-24)16-17-4-2-1-3-5-17/h1-9,18,23H,10-16H2. The molecule has 1 saturated heterocycles. The van der Waals surface area contributed by atoms with E-state index in [2.05, 4.69) is 44.9 Å². The van der Waals surface area contributed by atoms with Gasteiger partial charge < -0.3 is 4.90 Å². The van der Waals surface area contributed by atoms with Crippen LogP contribution in [-0.2, 0) is 21.2 Å². The highest BCUT2D eigenvalue weighted by atomic mass is 79.9. The second-order valence-corrected chi connectivity index (χ2v) is 9.80. The predicted molar refractivity (Wildman–Crippen MR) is 113 cm³/mol. The van der Waals surface area contributed by atoms with Gasteiger partial charge in [-0.3, -0.25) is 4.79 Å². The molecule has 150 valence electrons. The average molecular weight is 465 g/mol. The number of sulfonamides is 1. The van der Waals surface area contributed by atoms with Crippen LogP contribution in [0, 0.1) is 5.92 Å². The Balaban J connectivity index is 1.41.